The van der Waals surface area contributed by atoms with Gasteiger partial charge in [-0.05, 0) is 30.8 Å². The zero-order valence-corrected chi connectivity index (χ0v) is 12.6. The third-order valence-corrected chi connectivity index (χ3v) is 3.94. The van der Waals surface area contributed by atoms with Gasteiger partial charge in [0.05, 0.1) is 13.2 Å². The van der Waals surface area contributed by atoms with Crippen molar-refractivity contribution >= 4 is 11.8 Å². The van der Waals surface area contributed by atoms with Crippen LogP contribution in [0.5, 0.6) is 5.75 Å². The first-order chi connectivity index (χ1) is 9.93. The minimum Gasteiger partial charge on any atom is -0.496 e. The Kier molecular flexibility index (Phi) is 4.49. The summed E-state index contributed by atoms with van der Waals surface area (Å²) in [5.41, 5.74) is -1.02. The Morgan fingerprint density at radius 2 is 2.14 bits per heavy atom. The van der Waals surface area contributed by atoms with Crippen LogP contribution in [0.4, 0.5) is 0 Å². The van der Waals surface area contributed by atoms with Crippen molar-refractivity contribution in [1.29, 1.82) is 0 Å². The monoisotopic (exact) mass is 309 g/mol. The van der Waals surface area contributed by atoms with Crippen LogP contribution in [0.25, 0.3) is 0 Å². The first-order valence-electron chi connectivity index (χ1n) is 6.14. The van der Waals surface area contributed by atoms with Crippen molar-refractivity contribution in [3.05, 3.63) is 44.5 Å². The summed E-state index contributed by atoms with van der Waals surface area (Å²) in [6.07, 6.45) is -0.747. The minimum atomic E-state index is -0.850. The summed E-state index contributed by atoms with van der Waals surface area (Å²) in [6, 6.07) is 5.30. The van der Waals surface area contributed by atoms with Gasteiger partial charge < -0.3 is 9.84 Å². The third-order valence-electron chi connectivity index (χ3n) is 2.81. The molecular formula is C13H15N3O4S. The number of rotatable bonds is 4. The average Bonchev–Trinajstić information content (AvgIpc) is 2.44. The van der Waals surface area contributed by atoms with Crippen molar-refractivity contribution < 1.29 is 9.84 Å². The van der Waals surface area contributed by atoms with E-state index in [0.717, 1.165) is 11.8 Å². The number of aliphatic hydroxyl groups excluding tert-OH is 1. The molecule has 112 valence electrons. The fraction of sp³-hybridized carbons (Fsp3) is 0.308. The quantitative estimate of drug-likeness (QED) is 0.806. The Labute approximate surface area is 124 Å². The number of benzene rings is 1. The topological polar surface area (TPSA) is 97.2 Å². The highest BCUT2D eigenvalue weighted by molar-refractivity contribution is 7.99. The van der Waals surface area contributed by atoms with Crippen LogP contribution in [0.15, 0.2) is 37.8 Å². The number of aromatic amines is 1. The van der Waals surface area contributed by atoms with E-state index in [1.807, 2.05) is 0 Å². The van der Waals surface area contributed by atoms with Crippen LogP contribution < -0.4 is 15.9 Å². The number of hydrogen-bond acceptors (Lipinski definition) is 6. The Bertz CT molecular complexity index is 767. The summed E-state index contributed by atoms with van der Waals surface area (Å²) in [6.45, 7) is 1.63. The smallest absolute Gasteiger partial charge is 0.339 e. The highest BCUT2D eigenvalue weighted by Gasteiger charge is 2.16. The van der Waals surface area contributed by atoms with Crippen LogP contribution in [0.3, 0.4) is 0 Å². The van der Waals surface area contributed by atoms with Crippen LogP contribution in [0.2, 0.25) is 0 Å². The van der Waals surface area contributed by atoms with E-state index in [-0.39, 0.29) is 0 Å². The van der Waals surface area contributed by atoms with E-state index in [2.05, 4.69) is 10.1 Å². The van der Waals surface area contributed by atoms with Crippen molar-refractivity contribution in [1.82, 2.24) is 14.8 Å². The van der Waals surface area contributed by atoms with Crippen LogP contribution in [0.1, 0.15) is 18.6 Å². The molecule has 1 atom stereocenters. The average molecular weight is 309 g/mol. The van der Waals surface area contributed by atoms with Gasteiger partial charge in [-0.3, -0.25) is 19.4 Å². The highest BCUT2D eigenvalue weighted by Crippen LogP contribution is 2.37. The van der Waals surface area contributed by atoms with Gasteiger partial charge in [0.15, 0.2) is 5.16 Å². The van der Waals surface area contributed by atoms with Gasteiger partial charge in [0.25, 0.3) is 0 Å². The Hall–Kier alpha value is -2.06. The molecule has 0 fully saturated rings. The summed E-state index contributed by atoms with van der Waals surface area (Å²) >= 11 is 1.16. The maximum absolute atomic E-state index is 11.4. The normalized spacial score (nSPS) is 12.2. The molecule has 0 spiro atoms. The van der Waals surface area contributed by atoms with Crippen molar-refractivity contribution in [2.45, 2.75) is 23.1 Å². The van der Waals surface area contributed by atoms with Gasteiger partial charge in [0.1, 0.15) is 5.75 Å². The molecule has 0 aliphatic carbocycles. The first kappa shape index (κ1) is 15.3. The molecule has 1 heterocycles. The predicted octanol–water partition coefficient (Wildman–Crippen LogP) is 0.682. The van der Waals surface area contributed by atoms with Crippen molar-refractivity contribution in [2.24, 2.45) is 7.05 Å². The van der Waals surface area contributed by atoms with Gasteiger partial charge in [-0.25, -0.2) is 0 Å². The molecular weight excluding hydrogens is 294 g/mol. The van der Waals surface area contributed by atoms with Crippen LogP contribution in [0, 0.1) is 0 Å². The van der Waals surface area contributed by atoms with Crippen LogP contribution in [-0.4, -0.2) is 27.0 Å². The molecule has 0 aliphatic heterocycles. The zero-order valence-electron chi connectivity index (χ0n) is 11.8. The molecule has 7 nitrogen and oxygen atoms in total. The van der Waals surface area contributed by atoms with Crippen molar-refractivity contribution in [3.8, 4) is 5.75 Å². The lowest BCUT2D eigenvalue weighted by molar-refractivity contribution is 0.191. The number of ether oxygens (including phenoxy) is 1. The van der Waals surface area contributed by atoms with E-state index in [0.29, 0.717) is 21.4 Å². The molecule has 2 rings (SSSR count). The number of aromatic nitrogens is 3. The summed E-state index contributed by atoms with van der Waals surface area (Å²) in [7, 11) is 3.10. The van der Waals surface area contributed by atoms with Gasteiger partial charge in [-0.15, -0.1) is 0 Å². The van der Waals surface area contributed by atoms with Gasteiger partial charge in [-0.1, -0.05) is 6.07 Å². The number of nitrogens with zero attached hydrogens (tertiary/aromatic N) is 2. The van der Waals surface area contributed by atoms with E-state index in [1.54, 1.807) is 32.2 Å². The number of H-pyrrole nitrogens is 1. The van der Waals surface area contributed by atoms with Crippen LogP contribution >= 0.6 is 11.8 Å². The molecule has 21 heavy (non-hydrogen) atoms. The molecule has 0 amide bonds. The van der Waals surface area contributed by atoms with Crippen molar-refractivity contribution in [2.75, 3.05) is 7.11 Å². The molecule has 1 unspecified atom stereocenters. The standard InChI is InChI=1S/C13H15N3O4S/c1-7(17)10-8(20-3)5-4-6-9(10)21-13-14-11(18)12(19)15-16(13)2/h4-7,17H,1-3H3,(H,15,19). The van der Waals surface area contributed by atoms with Gasteiger partial charge in [0.2, 0.25) is 0 Å². The number of hydrogen-bond donors (Lipinski definition) is 2. The molecule has 0 aliphatic rings. The number of aryl methyl sites for hydroxylation is 1. The van der Waals surface area contributed by atoms with Gasteiger partial charge in [-0.2, -0.15) is 4.98 Å². The lowest BCUT2D eigenvalue weighted by Gasteiger charge is -2.16. The molecule has 0 saturated carbocycles. The summed E-state index contributed by atoms with van der Waals surface area (Å²) < 4.78 is 6.60. The summed E-state index contributed by atoms with van der Waals surface area (Å²) in [5, 5.41) is 12.6. The van der Waals surface area contributed by atoms with E-state index in [9.17, 15) is 14.7 Å². The number of aliphatic hydroxyl groups is 1. The third kappa shape index (κ3) is 3.17. The van der Waals surface area contributed by atoms with Gasteiger partial charge in [0, 0.05) is 17.5 Å². The second kappa shape index (κ2) is 6.15. The Morgan fingerprint density at radius 3 is 2.76 bits per heavy atom. The molecule has 0 bridgehead atoms. The molecule has 1 aromatic heterocycles. The molecule has 8 heteroatoms. The van der Waals surface area contributed by atoms with E-state index >= 15 is 0 Å². The zero-order chi connectivity index (χ0) is 15.6. The highest BCUT2D eigenvalue weighted by atomic mass is 32.2. The molecule has 0 saturated heterocycles. The molecule has 2 N–H and O–H groups in total. The van der Waals surface area contributed by atoms with Gasteiger partial charge >= 0.3 is 11.1 Å². The second-order valence-electron chi connectivity index (χ2n) is 4.35. The predicted molar refractivity (Wildman–Crippen MR) is 77.8 cm³/mol. The fourth-order valence-electron chi connectivity index (χ4n) is 1.85. The first-order valence-corrected chi connectivity index (χ1v) is 6.96. The van der Waals surface area contributed by atoms with Crippen LogP contribution in [-0.2, 0) is 7.05 Å². The largest absolute Gasteiger partial charge is 0.496 e. The molecule has 2 aromatic rings. The number of methoxy groups -OCH3 is 1. The van der Waals surface area contributed by atoms with Crippen molar-refractivity contribution in [3.63, 3.8) is 0 Å². The Morgan fingerprint density at radius 1 is 1.43 bits per heavy atom. The SMILES string of the molecule is COc1cccc(Sc2nc(=O)c(=O)[nH]n2C)c1C(C)O. The van der Waals surface area contributed by atoms with E-state index in [4.69, 9.17) is 4.74 Å². The Balaban J connectivity index is 2.52. The fourth-order valence-corrected chi connectivity index (χ4v) is 2.89. The maximum Gasteiger partial charge on any atom is 0.339 e. The molecule has 0 radical (unpaired) electrons. The van der Waals surface area contributed by atoms with E-state index in [1.165, 1.54) is 11.8 Å². The summed E-state index contributed by atoms with van der Waals surface area (Å²) in [4.78, 5) is 27.0. The summed E-state index contributed by atoms with van der Waals surface area (Å²) in [5.74, 6) is 0.546. The number of nitrogens with one attached hydrogen (secondary N) is 1. The minimum absolute atomic E-state index is 0.315. The maximum atomic E-state index is 11.4. The molecule has 1 aromatic carbocycles. The second-order valence-corrected chi connectivity index (χ2v) is 5.36. The lowest BCUT2D eigenvalue weighted by Crippen LogP contribution is -2.33. The van der Waals surface area contributed by atoms with E-state index < -0.39 is 17.2 Å². The lowest BCUT2D eigenvalue weighted by atomic mass is 10.1.